The van der Waals surface area contributed by atoms with Crippen molar-refractivity contribution in [1.82, 2.24) is 4.98 Å². The van der Waals surface area contributed by atoms with Crippen LogP contribution in [0.5, 0.6) is 0 Å². The number of piperidine rings is 1. The average molecular weight is 436 g/mol. The van der Waals surface area contributed by atoms with Crippen LogP contribution in [0.1, 0.15) is 36.5 Å². The van der Waals surface area contributed by atoms with Crippen molar-refractivity contribution >= 4 is 34.7 Å². The van der Waals surface area contributed by atoms with E-state index in [0.717, 1.165) is 33.5 Å². The van der Waals surface area contributed by atoms with Gasteiger partial charge in [0.1, 0.15) is 5.52 Å². The van der Waals surface area contributed by atoms with E-state index in [4.69, 9.17) is 9.15 Å². The largest absolute Gasteiger partial charge is 0.452 e. The lowest BCUT2D eigenvalue weighted by atomic mass is 9.97. The molecule has 1 atom stereocenters. The Balaban J connectivity index is 1.31. The third kappa shape index (κ3) is 4.61. The number of anilines is 2. The van der Waals surface area contributed by atoms with E-state index in [1.165, 1.54) is 0 Å². The molecule has 0 bridgehead atoms. The highest BCUT2D eigenvalue weighted by Crippen LogP contribution is 2.27. The van der Waals surface area contributed by atoms with Crippen LogP contribution in [-0.2, 0) is 14.3 Å². The molecule has 1 aliphatic rings. The summed E-state index contributed by atoms with van der Waals surface area (Å²) >= 11 is 0. The molecule has 1 fully saturated rings. The van der Waals surface area contributed by atoms with Crippen LogP contribution in [0.3, 0.4) is 0 Å². The molecule has 1 aliphatic heterocycles. The van der Waals surface area contributed by atoms with Crippen molar-refractivity contribution in [2.24, 2.45) is 5.92 Å². The van der Waals surface area contributed by atoms with Gasteiger partial charge >= 0.3 is 5.97 Å². The monoisotopic (exact) mass is 435 g/mol. The standard InChI is InChI=1S/C25H29N3O4/c1-15-13-16(2)22(17(3)14-15)27-23(29)18(4)31-24(30)19-9-11-28(12-10-19)25-26-20-7-5-6-8-21(20)32-25/h5-8,13-14,18-19H,9-12H2,1-4H3,(H,27,29). The van der Waals surface area contributed by atoms with Crippen molar-refractivity contribution in [2.75, 3.05) is 23.3 Å². The SMILES string of the molecule is Cc1cc(C)c(NC(=O)C(C)OC(=O)C2CCN(c3nc4ccccc4o3)CC2)c(C)c1. The fourth-order valence-electron chi connectivity index (χ4n) is 4.23. The van der Waals surface area contributed by atoms with E-state index in [1.807, 2.05) is 62.1 Å². The summed E-state index contributed by atoms with van der Waals surface area (Å²) in [6.45, 7) is 8.84. The highest BCUT2D eigenvalue weighted by atomic mass is 16.5. The number of rotatable bonds is 5. The Bertz CT molecular complexity index is 1090. The number of amides is 1. The van der Waals surface area contributed by atoms with E-state index in [1.54, 1.807) is 6.92 Å². The number of carbonyl (C=O) groups is 2. The number of hydrogen-bond donors (Lipinski definition) is 1. The smallest absolute Gasteiger partial charge is 0.309 e. The maximum absolute atomic E-state index is 12.7. The van der Waals surface area contributed by atoms with Gasteiger partial charge in [0, 0.05) is 18.8 Å². The maximum Gasteiger partial charge on any atom is 0.309 e. The van der Waals surface area contributed by atoms with Gasteiger partial charge in [0.15, 0.2) is 11.7 Å². The maximum atomic E-state index is 12.7. The van der Waals surface area contributed by atoms with Gasteiger partial charge in [0.05, 0.1) is 5.92 Å². The first-order valence-corrected chi connectivity index (χ1v) is 11.0. The van der Waals surface area contributed by atoms with E-state index in [-0.39, 0.29) is 17.8 Å². The summed E-state index contributed by atoms with van der Waals surface area (Å²) < 4.78 is 11.3. The molecule has 2 heterocycles. The van der Waals surface area contributed by atoms with Gasteiger partial charge in [-0.1, -0.05) is 29.8 Å². The molecular formula is C25H29N3O4. The van der Waals surface area contributed by atoms with Gasteiger partial charge in [-0.15, -0.1) is 0 Å². The van der Waals surface area contributed by atoms with Gasteiger partial charge in [0.25, 0.3) is 11.9 Å². The lowest BCUT2D eigenvalue weighted by Crippen LogP contribution is -2.39. The number of benzene rings is 2. The van der Waals surface area contributed by atoms with E-state index in [0.29, 0.717) is 31.9 Å². The first-order chi connectivity index (χ1) is 15.3. The van der Waals surface area contributed by atoms with E-state index in [2.05, 4.69) is 10.3 Å². The molecule has 1 aromatic heterocycles. The molecule has 1 amide bonds. The zero-order valence-electron chi connectivity index (χ0n) is 19.0. The molecular weight excluding hydrogens is 406 g/mol. The Morgan fingerprint density at radius 2 is 1.78 bits per heavy atom. The number of ether oxygens (including phenoxy) is 1. The van der Waals surface area contributed by atoms with Crippen molar-refractivity contribution in [3.05, 3.63) is 53.1 Å². The summed E-state index contributed by atoms with van der Waals surface area (Å²) in [6, 6.07) is 12.3. The molecule has 4 rings (SSSR count). The van der Waals surface area contributed by atoms with Crippen molar-refractivity contribution < 1.29 is 18.7 Å². The Morgan fingerprint density at radius 1 is 1.12 bits per heavy atom. The van der Waals surface area contributed by atoms with Crippen LogP contribution < -0.4 is 10.2 Å². The molecule has 7 nitrogen and oxygen atoms in total. The fourth-order valence-corrected chi connectivity index (χ4v) is 4.23. The summed E-state index contributed by atoms with van der Waals surface area (Å²) in [5.74, 6) is -0.895. The van der Waals surface area contributed by atoms with Gasteiger partial charge < -0.3 is 19.4 Å². The zero-order chi connectivity index (χ0) is 22.8. The lowest BCUT2D eigenvalue weighted by Gasteiger charge is -2.30. The zero-order valence-corrected chi connectivity index (χ0v) is 19.0. The second-order valence-corrected chi connectivity index (χ2v) is 8.57. The van der Waals surface area contributed by atoms with Gasteiger partial charge in [-0.05, 0) is 63.8 Å². The number of fused-ring (bicyclic) bond motifs is 1. The fraction of sp³-hybridized carbons (Fsp3) is 0.400. The highest BCUT2D eigenvalue weighted by Gasteiger charge is 2.30. The molecule has 2 aromatic carbocycles. The molecule has 0 saturated carbocycles. The first kappa shape index (κ1) is 21.9. The predicted octanol–water partition coefficient (Wildman–Crippen LogP) is 4.54. The van der Waals surface area contributed by atoms with Crippen LogP contribution in [-0.4, -0.2) is 36.1 Å². The number of oxazole rings is 1. The third-order valence-corrected chi connectivity index (χ3v) is 5.97. The minimum absolute atomic E-state index is 0.242. The molecule has 0 aliphatic carbocycles. The number of aryl methyl sites for hydroxylation is 3. The highest BCUT2D eigenvalue weighted by molar-refractivity contribution is 5.96. The van der Waals surface area contributed by atoms with Gasteiger partial charge in [0.2, 0.25) is 0 Å². The number of hydrogen-bond acceptors (Lipinski definition) is 6. The van der Waals surface area contributed by atoms with Crippen LogP contribution in [0.25, 0.3) is 11.1 Å². The van der Waals surface area contributed by atoms with Gasteiger partial charge in [-0.2, -0.15) is 4.98 Å². The summed E-state index contributed by atoms with van der Waals surface area (Å²) in [7, 11) is 0. The van der Waals surface area contributed by atoms with Gasteiger partial charge in [-0.3, -0.25) is 9.59 Å². The van der Waals surface area contributed by atoms with Crippen molar-refractivity contribution in [1.29, 1.82) is 0 Å². The minimum atomic E-state index is -0.863. The summed E-state index contributed by atoms with van der Waals surface area (Å²) in [4.78, 5) is 31.9. The molecule has 1 N–H and O–H groups in total. The summed E-state index contributed by atoms with van der Waals surface area (Å²) in [5, 5.41) is 2.91. The lowest BCUT2D eigenvalue weighted by molar-refractivity contribution is -0.158. The Hall–Kier alpha value is -3.35. The molecule has 0 radical (unpaired) electrons. The number of esters is 1. The van der Waals surface area contributed by atoms with E-state index in [9.17, 15) is 9.59 Å². The number of nitrogens with one attached hydrogen (secondary N) is 1. The number of nitrogens with zero attached hydrogens (tertiary/aromatic N) is 2. The molecule has 0 spiro atoms. The van der Waals surface area contributed by atoms with Crippen molar-refractivity contribution in [3.8, 4) is 0 Å². The number of aromatic nitrogens is 1. The quantitative estimate of drug-likeness (QED) is 0.593. The summed E-state index contributed by atoms with van der Waals surface area (Å²) in [6.07, 6.45) is 0.391. The van der Waals surface area contributed by atoms with Crippen molar-refractivity contribution in [3.63, 3.8) is 0 Å². The molecule has 1 saturated heterocycles. The molecule has 168 valence electrons. The van der Waals surface area contributed by atoms with Crippen LogP contribution in [0.15, 0.2) is 40.8 Å². The van der Waals surface area contributed by atoms with Crippen LogP contribution >= 0.6 is 0 Å². The summed E-state index contributed by atoms with van der Waals surface area (Å²) in [5.41, 5.74) is 5.46. The number of para-hydroxylation sites is 2. The third-order valence-electron chi connectivity index (χ3n) is 5.97. The number of carbonyl (C=O) groups excluding carboxylic acids is 2. The average Bonchev–Trinajstić information content (AvgIpc) is 3.20. The van der Waals surface area contributed by atoms with Crippen molar-refractivity contribution in [2.45, 2.75) is 46.6 Å². The second-order valence-electron chi connectivity index (χ2n) is 8.57. The van der Waals surface area contributed by atoms with Crippen LogP contribution in [0, 0.1) is 26.7 Å². The predicted molar refractivity (Wildman–Crippen MR) is 124 cm³/mol. The van der Waals surface area contributed by atoms with Crippen LogP contribution in [0.4, 0.5) is 11.7 Å². The van der Waals surface area contributed by atoms with E-state index < -0.39 is 6.10 Å². The molecule has 1 unspecified atom stereocenters. The Morgan fingerprint density at radius 3 is 2.44 bits per heavy atom. The topological polar surface area (TPSA) is 84.7 Å². The van der Waals surface area contributed by atoms with E-state index >= 15 is 0 Å². The second kappa shape index (κ2) is 9.02. The molecule has 32 heavy (non-hydrogen) atoms. The Labute approximate surface area is 187 Å². The molecule has 3 aromatic rings. The van der Waals surface area contributed by atoms with Gasteiger partial charge in [-0.25, -0.2) is 0 Å². The Kier molecular flexibility index (Phi) is 6.17. The first-order valence-electron chi connectivity index (χ1n) is 11.0. The molecule has 7 heteroatoms. The minimum Gasteiger partial charge on any atom is -0.452 e. The normalized spacial score (nSPS) is 15.6. The van der Waals surface area contributed by atoms with Crippen LogP contribution in [0.2, 0.25) is 0 Å².